The molecule has 0 aromatic rings. The minimum atomic E-state index is -1.19. The van der Waals surface area contributed by atoms with Crippen LogP contribution < -0.4 is 0 Å². The Morgan fingerprint density at radius 2 is 0.270 bits per heavy atom. The van der Waals surface area contributed by atoms with Crippen LogP contribution in [0.5, 0.6) is 0 Å². The molecule has 0 heterocycles. The summed E-state index contributed by atoms with van der Waals surface area (Å²) in [5.41, 5.74) is -9.56. The zero-order valence-corrected chi connectivity index (χ0v) is 29.2. The predicted octanol–water partition coefficient (Wildman–Crippen LogP) is -11.7. The molecular formula is C8H32Cu2Mn3O16S8-8. The van der Waals surface area contributed by atoms with Crippen molar-refractivity contribution in [2.24, 2.45) is 0 Å². The van der Waals surface area contributed by atoms with E-state index < -0.39 is 43.5 Å². The van der Waals surface area contributed by atoms with Crippen LogP contribution in [0.3, 0.4) is 0 Å². The maximum absolute atomic E-state index is 8.09. The third-order valence-corrected chi connectivity index (χ3v) is 3.73. The first kappa shape index (κ1) is 113. The van der Waals surface area contributed by atoms with Crippen molar-refractivity contribution >= 4 is 101 Å². The van der Waals surface area contributed by atoms with Gasteiger partial charge in [0.1, 0.15) is 0 Å². The zero-order chi connectivity index (χ0) is 20.6. The molecule has 0 aliphatic heterocycles. The second kappa shape index (κ2) is 77.9. The largest absolute Gasteiger partial charge is 0.761 e. The van der Waals surface area contributed by atoms with Gasteiger partial charge in [-0.1, -0.05) is 43.5 Å². The van der Waals surface area contributed by atoms with Gasteiger partial charge in [-0.05, 0) is 0 Å². The molecule has 29 heteroatoms. The Bertz CT molecular complexity index is 206. The Balaban J connectivity index is -0.00000000860. The molecule has 0 aliphatic rings. The number of aliphatic hydroxyl groups excluding tert-OH is 8. The van der Waals surface area contributed by atoms with Gasteiger partial charge in [0.15, 0.2) is 0 Å². The molecule has 0 spiro atoms. The van der Waals surface area contributed by atoms with Crippen molar-refractivity contribution in [1.82, 2.24) is 0 Å². The van der Waals surface area contributed by atoms with E-state index in [4.69, 9.17) is 40.9 Å². The van der Waals surface area contributed by atoms with Crippen molar-refractivity contribution < 1.29 is 170 Å². The van der Waals surface area contributed by atoms with E-state index in [1.54, 1.807) is 0 Å². The molecule has 0 rings (SSSR count). The molecule has 16 nitrogen and oxygen atoms in total. The minimum Gasteiger partial charge on any atom is -0.761 e. The summed E-state index contributed by atoms with van der Waals surface area (Å²) in [6.45, 7) is 0. The standard InChI is InChI=1S/4C2H6O2S2.2Cu.3Mn.8H2O/c4*3-1(5)2(4)6;;;;;;;;;;;;;/h4*1-6H;;;;;;8*1H2/p-8. The molecule has 5 radical (unpaired) electrons. The van der Waals surface area contributed by atoms with Gasteiger partial charge >= 0.3 is 0 Å². The summed E-state index contributed by atoms with van der Waals surface area (Å²) in [5.74, 6) is 0. The third-order valence-electron chi connectivity index (χ3n) is 0.976. The topological polar surface area (TPSA) is 414 Å². The molecule has 8 atom stereocenters. The molecule has 0 aliphatic carbocycles. The number of hydrogen-bond donors (Lipinski definition) is 8. The molecule has 8 unspecified atom stereocenters. The van der Waals surface area contributed by atoms with Crippen LogP contribution in [0.15, 0.2) is 0 Å². The first-order valence-electron chi connectivity index (χ1n) is 5.28. The molecule has 0 bridgehead atoms. The van der Waals surface area contributed by atoms with E-state index in [0.717, 1.165) is 0 Å². The van der Waals surface area contributed by atoms with E-state index >= 15 is 0 Å². The van der Waals surface area contributed by atoms with Gasteiger partial charge in [-0.3, -0.25) is 0 Å². The first-order chi connectivity index (χ1) is 10.6. The fourth-order valence-corrected chi connectivity index (χ4v) is 0. The Labute approximate surface area is 311 Å². The van der Waals surface area contributed by atoms with Crippen molar-refractivity contribution in [3.63, 3.8) is 0 Å². The van der Waals surface area contributed by atoms with E-state index in [1.165, 1.54) is 0 Å². The number of aliphatic hydroxyl groups is 8. The fraction of sp³-hybridized carbons (Fsp3) is 1.00. The van der Waals surface area contributed by atoms with Gasteiger partial charge in [0.2, 0.25) is 0 Å². The van der Waals surface area contributed by atoms with Crippen LogP contribution >= 0.6 is 0 Å². The molecule has 37 heavy (non-hydrogen) atoms. The summed E-state index contributed by atoms with van der Waals surface area (Å²) in [7, 11) is 0. The molecule has 24 N–H and O–H groups in total. The minimum absolute atomic E-state index is 0. The third kappa shape index (κ3) is 142. The molecule has 0 amide bonds. The Hall–Kier alpha value is 4.76. The second-order valence-corrected chi connectivity index (χ2v) is 6.99. The van der Waals surface area contributed by atoms with Gasteiger partial charge in [-0.25, -0.2) is 0 Å². The normalized spacial score (nSPS) is 13.0. The maximum Gasteiger partial charge on any atom is 0 e. The zero-order valence-electron chi connectivity index (χ0n) is 17.2. The SMILES string of the molecule is O.O.O.O.O.O.O.O.OC([S-])C(O)[S-].OC([S-])C(O)[S-].OC([S-])C(O)[S-].OC([S-])C(O)[S-].[Cu].[Cu].[Mn].[Mn].[Mn]. The van der Waals surface area contributed by atoms with Gasteiger partial charge in [-0.15, -0.1) is 0 Å². The van der Waals surface area contributed by atoms with Gasteiger partial charge in [0, 0.05) is 85.3 Å². The van der Waals surface area contributed by atoms with Crippen LogP contribution in [0.2, 0.25) is 0 Å². The van der Waals surface area contributed by atoms with Crippen LogP contribution in [-0.2, 0) is 186 Å². The van der Waals surface area contributed by atoms with Gasteiger partial charge in [0.25, 0.3) is 0 Å². The van der Waals surface area contributed by atoms with E-state index in [0.29, 0.717) is 0 Å². The van der Waals surface area contributed by atoms with Crippen molar-refractivity contribution in [3.8, 4) is 0 Å². The monoisotopic (exact) mass is 931 g/mol. The molecule has 0 saturated carbocycles. The summed E-state index contributed by atoms with van der Waals surface area (Å²) in [6.07, 6.45) is 0. The smallest absolute Gasteiger partial charge is 0 e. The summed E-state index contributed by atoms with van der Waals surface area (Å²) in [5, 5.41) is 64.7. The molecule has 0 aromatic carbocycles. The predicted molar refractivity (Wildman–Crippen MR) is 136 cm³/mol. The average molecular weight is 933 g/mol. The van der Waals surface area contributed by atoms with E-state index in [2.05, 4.69) is 101 Å². The summed E-state index contributed by atoms with van der Waals surface area (Å²) in [6, 6.07) is 0. The summed E-state index contributed by atoms with van der Waals surface area (Å²) < 4.78 is 0. The van der Waals surface area contributed by atoms with Gasteiger partial charge in [-0.2, -0.15) is 0 Å². The quantitative estimate of drug-likeness (QED) is 0.0958. The number of hydrogen-bond acceptors (Lipinski definition) is 16. The number of rotatable bonds is 4. The molecule has 0 fully saturated rings. The Morgan fingerprint density at radius 1 is 0.243 bits per heavy atom. The summed E-state index contributed by atoms with van der Waals surface area (Å²) in [4.78, 5) is 0. The fourth-order valence-electron chi connectivity index (χ4n) is 0. The van der Waals surface area contributed by atoms with Crippen LogP contribution in [0.25, 0.3) is 0 Å². The van der Waals surface area contributed by atoms with E-state index in [1.807, 2.05) is 0 Å². The Kier molecular flexibility index (Phi) is 238. The van der Waals surface area contributed by atoms with Crippen molar-refractivity contribution in [2.75, 3.05) is 0 Å². The molecular weight excluding hydrogens is 901 g/mol. The maximum atomic E-state index is 8.09. The Morgan fingerprint density at radius 3 is 0.270 bits per heavy atom. The van der Waals surface area contributed by atoms with Crippen molar-refractivity contribution in [3.05, 3.63) is 0 Å². The van der Waals surface area contributed by atoms with Crippen LogP contribution in [-0.4, -0.2) is 128 Å². The van der Waals surface area contributed by atoms with Crippen molar-refractivity contribution in [1.29, 1.82) is 0 Å². The molecule has 259 valence electrons. The van der Waals surface area contributed by atoms with E-state index in [9.17, 15) is 0 Å². The van der Waals surface area contributed by atoms with Crippen LogP contribution in [0.4, 0.5) is 0 Å². The molecule has 0 aromatic heterocycles. The van der Waals surface area contributed by atoms with Crippen LogP contribution in [0, 0.1) is 0 Å². The van der Waals surface area contributed by atoms with Gasteiger partial charge < -0.3 is 186 Å². The van der Waals surface area contributed by atoms with Crippen LogP contribution in [0.1, 0.15) is 0 Å². The van der Waals surface area contributed by atoms with E-state index in [-0.39, 0.29) is 129 Å². The van der Waals surface area contributed by atoms with Crippen molar-refractivity contribution in [2.45, 2.75) is 43.5 Å². The molecule has 0 saturated heterocycles. The van der Waals surface area contributed by atoms with Gasteiger partial charge in [0.05, 0.1) is 0 Å². The first-order valence-corrected chi connectivity index (χ1v) is 9.06. The summed E-state index contributed by atoms with van der Waals surface area (Å²) >= 11 is 32.8. The average Bonchev–Trinajstić information content (AvgIpc) is 2.40. The second-order valence-electron chi connectivity index (χ2n) is 3.12.